The first-order valence-electron chi connectivity index (χ1n) is 3.88. The molecule has 3 N–H and O–H groups in total. The van der Waals surface area contributed by atoms with E-state index in [1.165, 1.54) is 6.92 Å². The maximum atomic E-state index is 12.3. The van der Waals surface area contributed by atoms with Crippen molar-refractivity contribution in [1.82, 2.24) is 4.98 Å². The molecular formula is C8H8F3N3O. The molecule has 15 heavy (non-hydrogen) atoms. The molecule has 1 heterocycles. The van der Waals surface area contributed by atoms with Crippen molar-refractivity contribution in [1.29, 1.82) is 0 Å². The fraction of sp³-hybridized carbons (Fsp3) is 0.250. The van der Waals surface area contributed by atoms with E-state index in [0.29, 0.717) is 0 Å². The monoisotopic (exact) mass is 219 g/mol. The maximum absolute atomic E-state index is 12.3. The number of nitrogens with two attached hydrogens (primary N) is 1. The number of amidine groups is 1. The molecule has 1 aromatic rings. The van der Waals surface area contributed by atoms with Gasteiger partial charge in [-0.25, -0.2) is 4.98 Å². The Balaban J connectivity index is 3.29. The molecule has 0 bridgehead atoms. The van der Waals surface area contributed by atoms with Crippen LogP contribution in [-0.2, 0) is 6.18 Å². The van der Waals surface area contributed by atoms with Crippen molar-refractivity contribution in [3.63, 3.8) is 0 Å². The Hall–Kier alpha value is -1.79. The average molecular weight is 219 g/mol. The van der Waals surface area contributed by atoms with Crippen LogP contribution in [0.25, 0.3) is 0 Å². The van der Waals surface area contributed by atoms with Crippen LogP contribution in [0.15, 0.2) is 17.3 Å². The summed E-state index contributed by atoms with van der Waals surface area (Å²) in [6, 6.07) is 1.61. The molecule has 0 aliphatic rings. The normalized spacial score (nSPS) is 12.9. The van der Waals surface area contributed by atoms with Crippen LogP contribution in [0.1, 0.15) is 17.0 Å². The van der Waals surface area contributed by atoms with Crippen LogP contribution in [0.2, 0.25) is 0 Å². The first kappa shape index (κ1) is 11.3. The summed E-state index contributed by atoms with van der Waals surface area (Å²) in [7, 11) is 0. The molecule has 4 nitrogen and oxygen atoms in total. The van der Waals surface area contributed by atoms with Gasteiger partial charge >= 0.3 is 6.18 Å². The van der Waals surface area contributed by atoms with E-state index in [1.54, 1.807) is 0 Å². The molecule has 82 valence electrons. The standard InChI is InChI=1S/C8H8F3N3O/c1-4-2-5(8(9,10)11)3-6(13-4)7(12)14-15/h2-3,15H,1H3,(H2,12,14). The minimum Gasteiger partial charge on any atom is -0.409 e. The van der Waals surface area contributed by atoms with E-state index in [9.17, 15) is 13.2 Å². The summed E-state index contributed by atoms with van der Waals surface area (Å²) < 4.78 is 37.0. The fourth-order valence-electron chi connectivity index (χ4n) is 1.01. The molecule has 0 spiro atoms. The summed E-state index contributed by atoms with van der Waals surface area (Å²) in [6.45, 7) is 1.39. The number of nitrogens with zero attached hydrogens (tertiary/aromatic N) is 2. The van der Waals surface area contributed by atoms with Gasteiger partial charge in [-0.3, -0.25) is 0 Å². The molecule has 0 saturated heterocycles. The van der Waals surface area contributed by atoms with Crippen LogP contribution >= 0.6 is 0 Å². The third kappa shape index (κ3) is 2.58. The van der Waals surface area contributed by atoms with Crippen LogP contribution in [0.4, 0.5) is 13.2 Å². The van der Waals surface area contributed by atoms with E-state index in [0.717, 1.165) is 12.1 Å². The predicted octanol–water partition coefficient (Wildman–Crippen LogP) is 1.50. The minimum atomic E-state index is -4.47. The van der Waals surface area contributed by atoms with Crippen LogP contribution in [0.5, 0.6) is 0 Å². The molecule has 1 rings (SSSR count). The highest BCUT2D eigenvalue weighted by Crippen LogP contribution is 2.29. The Morgan fingerprint density at radius 1 is 1.47 bits per heavy atom. The van der Waals surface area contributed by atoms with Crippen LogP contribution < -0.4 is 5.73 Å². The number of aromatic nitrogens is 1. The third-order valence-electron chi connectivity index (χ3n) is 1.65. The zero-order valence-corrected chi connectivity index (χ0v) is 7.71. The average Bonchev–Trinajstić information content (AvgIpc) is 2.14. The highest BCUT2D eigenvalue weighted by Gasteiger charge is 2.31. The Bertz CT molecular complexity index is 401. The lowest BCUT2D eigenvalue weighted by molar-refractivity contribution is -0.137. The molecule has 0 radical (unpaired) electrons. The highest BCUT2D eigenvalue weighted by atomic mass is 19.4. The second kappa shape index (κ2) is 3.76. The molecule has 0 saturated carbocycles. The molecule has 0 aliphatic heterocycles. The Morgan fingerprint density at radius 3 is 2.53 bits per heavy atom. The third-order valence-corrected chi connectivity index (χ3v) is 1.65. The highest BCUT2D eigenvalue weighted by molar-refractivity contribution is 5.95. The van der Waals surface area contributed by atoms with Gasteiger partial charge in [0.25, 0.3) is 0 Å². The smallest absolute Gasteiger partial charge is 0.409 e. The molecule has 7 heteroatoms. The van der Waals surface area contributed by atoms with Gasteiger partial charge in [0.15, 0.2) is 5.84 Å². The van der Waals surface area contributed by atoms with Crippen LogP contribution in [-0.4, -0.2) is 16.0 Å². The Kier molecular flexibility index (Phi) is 2.83. The number of rotatable bonds is 1. The molecule has 0 unspecified atom stereocenters. The van der Waals surface area contributed by atoms with Crippen LogP contribution in [0, 0.1) is 6.92 Å². The molecule has 1 aromatic heterocycles. The first-order valence-corrected chi connectivity index (χ1v) is 3.88. The number of hydrogen-bond acceptors (Lipinski definition) is 3. The number of hydrogen-bond donors (Lipinski definition) is 2. The van der Waals surface area contributed by atoms with Crippen molar-refractivity contribution in [2.24, 2.45) is 10.9 Å². The number of pyridine rings is 1. The summed E-state index contributed by atoms with van der Waals surface area (Å²) in [6.07, 6.45) is -4.47. The van der Waals surface area contributed by atoms with Crippen molar-refractivity contribution in [2.45, 2.75) is 13.1 Å². The van der Waals surface area contributed by atoms with Gasteiger partial charge in [-0.05, 0) is 19.1 Å². The second-order valence-electron chi connectivity index (χ2n) is 2.87. The molecule has 0 atom stereocenters. The van der Waals surface area contributed by atoms with Gasteiger partial charge in [0.05, 0.1) is 5.56 Å². The molecule has 0 aliphatic carbocycles. The number of halogens is 3. The molecule has 0 amide bonds. The lowest BCUT2D eigenvalue weighted by Crippen LogP contribution is -2.17. The first-order chi connectivity index (χ1) is 6.84. The molecule has 0 fully saturated rings. The lowest BCUT2D eigenvalue weighted by Gasteiger charge is -2.08. The van der Waals surface area contributed by atoms with Crippen molar-refractivity contribution < 1.29 is 18.4 Å². The van der Waals surface area contributed by atoms with E-state index in [-0.39, 0.29) is 11.4 Å². The van der Waals surface area contributed by atoms with E-state index < -0.39 is 17.6 Å². The molecule has 0 aromatic carbocycles. The number of alkyl halides is 3. The van der Waals surface area contributed by atoms with Gasteiger partial charge in [0.1, 0.15) is 5.69 Å². The predicted molar refractivity (Wildman–Crippen MR) is 46.5 cm³/mol. The molecular weight excluding hydrogens is 211 g/mol. The Morgan fingerprint density at radius 2 is 2.07 bits per heavy atom. The number of aryl methyl sites for hydroxylation is 1. The number of oxime groups is 1. The van der Waals surface area contributed by atoms with Gasteiger partial charge in [-0.1, -0.05) is 5.16 Å². The maximum Gasteiger partial charge on any atom is 0.416 e. The summed E-state index contributed by atoms with van der Waals surface area (Å²) >= 11 is 0. The summed E-state index contributed by atoms with van der Waals surface area (Å²) in [4.78, 5) is 3.70. The zero-order valence-electron chi connectivity index (χ0n) is 7.71. The van der Waals surface area contributed by atoms with Crippen molar-refractivity contribution in [3.05, 3.63) is 29.1 Å². The van der Waals surface area contributed by atoms with Gasteiger partial charge < -0.3 is 10.9 Å². The van der Waals surface area contributed by atoms with Crippen molar-refractivity contribution in [3.8, 4) is 0 Å². The van der Waals surface area contributed by atoms with E-state index in [2.05, 4.69) is 10.1 Å². The summed E-state index contributed by atoms with van der Waals surface area (Å²) in [5.41, 5.74) is 4.21. The van der Waals surface area contributed by atoms with Crippen molar-refractivity contribution >= 4 is 5.84 Å². The van der Waals surface area contributed by atoms with E-state index >= 15 is 0 Å². The second-order valence-corrected chi connectivity index (χ2v) is 2.87. The summed E-state index contributed by atoms with van der Waals surface area (Å²) in [5.74, 6) is -0.454. The van der Waals surface area contributed by atoms with Crippen molar-refractivity contribution in [2.75, 3.05) is 0 Å². The van der Waals surface area contributed by atoms with Crippen LogP contribution in [0.3, 0.4) is 0 Å². The topological polar surface area (TPSA) is 71.5 Å². The largest absolute Gasteiger partial charge is 0.416 e. The van der Waals surface area contributed by atoms with E-state index in [4.69, 9.17) is 10.9 Å². The quantitative estimate of drug-likeness (QED) is 0.325. The lowest BCUT2D eigenvalue weighted by atomic mass is 10.2. The van der Waals surface area contributed by atoms with Gasteiger partial charge in [0.2, 0.25) is 0 Å². The zero-order chi connectivity index (χ0) is 11.6. The van der Waals surface area contributed by atoms with E-state index in [1.807, 2.05) is 0 Å². The summed E-state index contributed by atoms with van der Waals surface area (Å²) in [5, 5.41) is 10.9. The fourth-order valence-corrected chi connectivity index (χ4v) is 1.01. The SMILES string of the molecule is Cc1cc(C(F)(F)F)cc(/C(N)=N\O)n1. The minimum absolute atomic E-state index is 0.145. The van der Waals surface area contributed by atoms with Gasteiger partial charge in [-0.15, -0.1) is 0 Å². The Labute approximate surface area is 83.2 Å². The van der Waals surface area contributed by atoms with Gasteiger partial charge in [0, 0.05) is 5.69 Å². The van der Waals surface area contributed by atoms with Gasteiger partial charge in [-0.2, -0.15) is 13.2 Å².